The van der Waals surface area contributed by atoms with E-state index in [-0.39, 0.29) is 11.7 Å². The monoisotopic (exact) mass is 356 g/mol. The van der Waals surface area contributed by atoms with Gasteiger partial charge in [0.15, 0.2) is 0 Å². The van der Waals surface area contributed by atoms with Gasteiger partial charge >= 0.3 is 0 Å². The molecule has 116 valence electrons. The van der Waals surface area contributed by atoms with Gasteiger partial charge in [0.1, 0.15) is 5.82 Å². The first-order chi connectivity index (χ1) is 10.1. The van der Waals surface area contributed by atoms with E-state index in [1.165, 1.54) is 25.0 Å². The second kappa shape index (κ2) is 7.90. The Balaban J connectivity index is 1.78. The average molecular weight is 357 g/mol. The smallest absolute Gasteiger partial charge is 0.220 e. The summed E-state index contributed by atoms with van der Waals surface area (Å²) in [5, 5.41) is 6.30. The first-order valence-electron chi connectivity index (χ1n) is 7.47. The van der Waals surface area contributed by atoms with Crippen LogP contribution in [-0.4, -0.2) is 19.0 Å². The molecule has 2 unspecified atom stereocenters. The Kier molecular flexibility index (Phi) is 6.18. The summed E-state index contributed by atoms with van der Waals surface area (Å²) >= 11 is 3.31. The molecule has 1 saturated heterocycles. The molecule has 0 aromatic heterocycles. The van der Waals surface area contributed by atoms with Crippen molar-refractivity contribution in [3.8, 4) is 0 Å². The van der Waals surface area contributed by atoms with Crippen molar-refractivity contribution in [2.24, 2.45) is 11.8 Å². The van der Waals surface area contributed by atoms with E-state index in [2.05, 4.69) is 33.5 Å². The van der Waals surface area contributed by atoms with Gasteiger partial charge in [0, 0.05) is 17.4 Å². The molecule has 1 aliphatic rings. The van der Waals surface area contributed by atoms with Crippen LogP contribution in [0.2, 0.25) is 0 Å². The highest BCUT2D eigenvalue weighted by atomic mass is 79.9. The van der Waals surface area contributed by atoms with Crippen molar-refractivity contribution in [3.05, 3.63) is 34.1 Å². The summed E-state index contributed by atoms with van der Waals surface area (Å²) in [4.78, 5) is 12.0. The van der Waals surface area contributed by atoms with Gasteiger partial charge in [-0.3, -0.25) is 4.79 Å². The van der Waals surface area contributed by atoms with E-state index in [9.17, 15) is 9.18 Å². The van der Waals surface area contributed by atoms with Crippen molar-refractivity contribution in [1.29, 1.82) is 0 Å². The minimum atomic E-state index is -0.282. The lowest BCUT2D eigenvalue weighted by Gasteiger charge is -2.28. The minimum absolute atomic E-state index is 0.0595. The molecule has 1 aromatic rings. The van der Waals surface area contributed by atoms with E-state index in [1.807, 2.05) is 0 Å². The largest absolute Gasteiger partial charge is 0.352 e. The molecule has 0 aliphatic carbocycles. The van der Waals surface area contributed by atoms with Gasteiger partial charge in [0.2, 0.25) is 5.91 Å². The molecule has 1 heterocycles. The molecule has 0 spiro atoms. The van der Waals surface area contributed by atoms with Crippen LogP contribution in [-0.2, 0) is 11.3 Å². The molecule has 5 heteroatoms. The maximum atomic E-state index is 13.0. The van der Waals surface area contributed by atoms with Crippen molar-refractivity contribution in [3.63, 3.8) is 0 Å². The summed E-state index contributed by atoms with van der Waals surface area (Å²) in [6.07, 6.45) is 2.94. The number of piperidine rings is 1. The molecule has 1 aliphatic heterocycles. The first kappa shape index (κ1) is 16.4. The predicted molar refractivity (Wildman–Crippen MR) is 85.3 cm³/mol. The van der Waals surface area contributed by atoms with Crippen LogP contribution in [0.25, 0.3) is 0 Å². The van der Waals surface area contributed by atoms with Gasteiger partial charge in [0.25, 0.3) is 0 Å². The highest BCUT2D eigenvalue weighted by molar-refractivity contribution is 9.10. The van der Waals surface area contributed by atoms with Gasteiger partial charge in [-0.2, -0.15) is 0 Å². The third kappa shape index (κ3) is 5.08. The van der Waals surface area contributed by atoms with Crippen LogP contribution in [0.5, 0.6) is 0 Å². The van der Waals surface area contributed by atoms with E-state index in [0.717, 1.165) is 18.7 Å². The average Bonchev–Trinajstić information content (AvgIpc) is 2.47. The van der Waals surface area contributed by atoms with Crippen molar-refractivity contribution in [2.75, 3.05) is 13.1 Å². The molecule has 1 amide bonds. The molecule has 0 radical (unpaired) electrons. The number of carbonyl (C=O) groups excluding carboxylic acids is 1. The van der Waals surface area contributed by atoms with Gasteiger partial charge in [-0.05, 0) is 55.5 Å². The van der Waals surface area contributed by atoms with Crippen LogP contribution in [0.15, 0.2) is 22.7 Å². The summed E-state index contributed by atoms with van der Waals surface area (Å²) in [7, 11) is 0. The summed E-state index contributed by atoms with van der Waals surface area (Å²) < 4.78 is 13.7. The standard InChI is InChI=1S/C16H22BrFN2O/c1-11(12-3-2-6-19-9-12)7-16(21)20-10-13-4-5-14(18)8-15(13)17/h4-5,8,11-12,19H,2-3,6-7,9-10H2,1H3,(H,20,21). The number of halogens is 2. The van der Waals surface area contributed by atoms with E-state index in [1.54, 1.807) is 6.07 Å². The highest BCUT2D eigenvalue weighted by Crippen LogP contribution is 2.22. The molecule has 0 saturated carbocycles. The quantitative estimate of drug-likeness (QED) is 0.850. The van der Waals surface area contributed by atoms with Crippen LogP contribution in [0.3, 0.4) is 0 Å². The lowest BCUT2D eigenvalue weighted by atomic mass is 9.85. The van der Waals surface area contributed by atoms with Gasteiger partial charge in [-0.15, -0.1) is 0 Å². The Bertz CT molecular complexity index is 489. The SMILES string of the molecule is CC(CC(=O)NCc1ccc(F)cc1Br)C1CCCNC1. The lowest BCUT2D eigenvalue weighted by molar-refractivity contribution is -0.122. The van der Waals surface area contributed by atoms with Crippen LogP contribution in [0, 0.1) is 17.7 Å². The number of hydrogen-bond donors (Lipinski definition) is 2. The van der Waals surface area contributed by atoms with Crippen molar-refractivity contribution in [1.82, 2.24) is 10.6 Å². The fourth-order valence-corrected chi connectivity index (χ4v) is 3.25. The van der Waals surface area contributed by atoms with E-state index < -0.39 is 0 Å². The molecule has 21 heavy (non-hydrogen) atoms. The molecule has 2 atom stereocenters. The van der Waals surface area contributed by atoms with Crippen LogP contribution >= 0.6 is 15.9 Å². The molecule has 1 aromatic carbocycles. The Morgan fingerprint density at radius 2 is 2.38 bits per heavy atom. The maximum Gasteiger partial charge on any atom is 0.220 e. The number of amides is 1. The summed E-state index contributed by atoms with van der Waals surface area (Å²) in [6.45, 7) is 4.67. The van der Waals surface area contributed by atoms with Gasteiger partial charge in [-0.1, -0.05) is 28.9 Å². The zero-order chi connectivity index (χ0) is 15.2. The number of carbonyl (C=O) groups is 1. The van der Waals surface area contributed by atoms with Crippen LogP contribution in [0.1, 0.15) is 31.7 Å². The fourth-order valence-electron chi connectivity index (χ4n) is 2.75. The van der Waals surface area contributed by atoms with Gasteiger partial charge in [0.05, 0.1) is 0 Å². The third-order valence-electron chi connectivity index (χ3n) is 4.14. The van der Waals surface area contributed by atoms with Crippen LogP contribution < -0.4 is 10.6 Å². The fraction of sp³-hybridized carbons (Fsp3) is 0.562. The number of nitrogens with one attached hydrogen (secondary N) is 2. The summed E-state index contributed by atoms with van der Waals surface area (Å²) in [6, 6.07) is 4.51. The topological polar surface area (TPSA) is 41.1 Å². The van der Waals surface area contributed by atoms with Crippen LogP contribution in [0.4, 0.5) is 4.39 Å². The lowest BCUT2D eigenvalue weighted by Crippen LogP contribution is -2.35. The van der Waals surface area contributed by atoms with Crippen molar-refractivity contribution < 1.29 is 9.18 Å². The highest BCUT2D eigenvalue weighted by Gasteiger charge is 2.21. The van der Waals surface area contributed by atoms with Gasteiger partial charge in [-0.25, -0.2) is 4.39 Å². The normalized spacial score (nSPS) is 20.0. The summed E-state index contributed by atoms with van der Waals surface area (Å²) in [5.41, 5.74) is 0.886. The minimum Gasteiger partial charge on any atom is -0.352 e. The van der Waals surface area contributed by atoms with E-state index in [0.29, 0.717) is 29.3 Å². The zero-order valence-corrected chi connectivity index (χ0v) is 13.9. The van der Waals surface area contributed by atoms with E-state index in [4.69, 9.17) is 0 Å². The maximum absolute atomic E-state index is 13.0. The Morgan fingerprint density at radius 1 is 1.57 bits per heavy atom. The second-order valence-corrected chi connectivity index (χ2v) is 6.65. The summed E-state index contributed by atoms with van der Waals surface area (Å²) in [5.74, 6) is 0.746. The Labute approximate surface area is 133 Å². The molecular formula is C16H22BrFN2O. The molecule has 1 fully saturated rings. The van der Waals surface area contributed by atoms with E-state index >= 15 is 0 Å². The predicted octanol–water partition coefficient (Wildman–Crippen LogP) is 3.23. The molecule has 3 nitrogen and oxygen atoms in total. The Morgan fingerprint density at radius 3 is 3.05 bits per heavy atom. The number of benzene rings is 1. The molecule has 2 N–H and O–H groups in total. The first-order valence-corrected chi connectivity index (χ1v) is 8.27. The number of hydrogen-bond acceptors (Lipinski definition) is 2. The zero-order valence-electron chi connectivity index (χ0n) is 12.3. The molecule has 2 rings (SSSR count). The molecular weight excluding hydrogens is 335 g/mol. The number of rotatable bonds is 5. The third-order valence-corrected chi connectivity index (χ3v) is 4.88. The van der Waals surface area contributed by atoms with Crippen molar-refractivity contribution >= 4 is 21.8 Å². The van der Waals surface area contributed by atoms with Gasteiger partial charge < -0.3 is 10.6 Å². The second-order valence-electron chi connectivity index (χ2n) is 5.80. The Hall–Kier alpha value is -0.940. The van der Waals surface area contributed by atoms with Crippen molar-refractivity contribution in [2.45, 2.75) is 32.7 Å². The molecule has 0 bridgehead atoms.